The summed E-state index contributed by atoms with van der Waals surface area (Å²) in [5.74, 6) is -0.394. The number of nitrogens with zero attached hydrogens (tertiary/aromatic N) is 1. The van der Waals surface area contributed by atoms with Gasteiger partial charge in [-0.05, 0) is 51.1 Å². The summed E-state index contributed by atoms with van der Waals surface area (Å²) in [6, 6.07) is 4.42. The lowest BCUT2D eigenvalue weighted by molar-refractivity contribution is -0.119. The van der Waals surface area contributed by atoms with Crippen LogP contribution in [0.5, 0.6) is 0 Å². The maximum Gasteiger partial charge on any atom is 0.317 e. The molecule has 208 valence electrons. The maximum atomic E-state index is 14.4. The van der Waals surface area contributed by atoms with Crippen molar-refractivity contribution in [2.24, 2.45) is 11.8 Å². The highest BCUT2D eigenvalue weighted by atomic mass is 35.5. The Bertz CT molecular complexity index is 898. The molecule has 0 spiro atoms. The summed E-state index contributed by atoms with van der Waals surface area (Å²) in [6.07, 6.45) is 9.46. The summed E-state index contributed by atoms with van der Waals surface area (Å²) in [5.41, 5.74) is -1.09. The number of hydrogen-bond acceptors (Lipinski definition) is 4. The third-order valence-corrected chi connectivity index (χ3v) is 8.42. The van der Waals surface area contributed by atoms with Crippen molar-refractivity contribution in [3.63, 3.8) is 0 Å². The molecule has 9 heteroatoms. The topological polar surface area (TPSA) is 93.7 Å². The number of halogens is 2. The maximum absolute atomic E-state index is 14.4. The van der Waals surface area contributed by atoms with E-state index in [1.165, 1.54) is 45.1 Å². The van der Waals surface area contributed by atoms with E-state index in [1.54, 1.807) is 17.0 Å². The Kier molecular flexibility index (Phi) is 11.5. The van der Waals surface area contributed by atoms with Crippen molar-refractivity contribution in [2.75, 3.05) is 33.2 Å². The van der Waals surface area contributed by atoms with E-state index in [4.69, 9.17) is 11.6 Å². The Hall–Kier alpha value is -1.90. The molecule has 0 bridgehead atoms. The minimum atomic E-state index is -1.43. The Morgan fingerprint density at radius 1 is 1.22 bits per heavy atom. The number of amides is 3. The van der Waals surface area contributed by atoms with Crippen LogP contribution in [0.15, 0.2) is 18.2 Å². The molecular weight excluding hydrogens is 495 g/mol. The van der Waals surface area contributed by atoms with E-state index in [0.29, 0.717) is 56.9 Å². The fourth-order valence-corrected chi connectivity index (χ4v) is 6.39. The molecule has 1 saturated carbocycles. The van der Waals surface area contributed by atoms with Crippen molar-refractivity contribution in [1.82, 2.24) is 20.9 Å². The zero-order valence-corrected chi connectivity index (χ0v) is 23.1. The van der Waals surface area contributed by atoms with Gasteiger partial charge in [-0.2, -0.15) is 0 Å². The molecule has 1 aromatic rings. The summed E-state index contributed by atoms with van der Waals surface area (Å²) in [5, 5.41) is 21.1. The van der Waals surface area contributed by atoms with Gasteiger partial charge in [-0.1, -0.05) is 55.8 Å². The van der Waals surface area contributed by atoms with Gasteiger partial charge in [-0.3, -0.25) is 4.79 Å². The summed E-state index contributed by atoms with van der Waals surface area (Å²) in [7, 11) is 1.90. The van der Waals surface area contributed by atoms with Crippen LogP contribution in [0.3, 0.4) is 0 Å². The van der Waals surface area contributed by atoms with Gasteiger partial charge < -0.3 is 26.0 Å². The number of urea groups is 1. The molecule has 1 aromatic carbocycles. The molecule has 3 rings (SSSR count). The van der Waals surface area contributed by atoms with Gasteiger partial charge in [0.15, 0.2) is 0 Å². The standard InChI is InChI=1S/C28H44ClFN4O3/c1-20(35)32-15-8-14-28(37,24-12-6-13-25(30)26(24)29)22-11-7-16-34(19-22)27(36)33-23(18-31-2)17-21-9-4-3-5-10-21/h6,12-13,21-23,31,37H,3-5,7-11,14-19H2,1-2H3,(H,32,35)(H,33,36). The van der Waals surface area contributed by atoms with Crippen LogP contribution in [0.2, 0.25) is 5.02 Å². The number of likely N-dealkylation sites (N-methyl/N-ethyl adjacent to an activating group) is 1. The number of rotatable bonds is 11. The predicted octanol–water partition coefficient (Wildman–Crippen LogP) is 4.56. The molecule has 1 aliphatic heterocycles. The molecule has 1 heterocycles. The van der Waals surface area contributed by atoms with E-state index in [-0.39, 0.29) is 28.9 Å². The van der Waals surface area contributed by atoms with E-state index < -0.39 is 11.4 Å². The van der Waals surface area contributed by atoms with Crippen LogP contribution in [0.4, 0.5) is 9.18 Å². The first-order valence-electron chi connectivity index (χ1n) is 13.9. The van der Waals surface area contributed by atoms with E-state index in [2.05, 4.69) is 16.0 Å². The highest BCUT2D eigenvalue weighted by Crippen LogP contribution is 2.42. The Morgan fingerprint density at radius 3 is 2.68 bits per heavy atom. The van der Waals surface area contributed by atoms with Crippen LogP contribution in [0.1, 0.15) is 76.7 Å². The van der Waals surface area contributed by atoms with Gasteiger partial charge in [-0.25, -0.2) is 9.18 Å². The SMILES string of the molecule is CNCC(CC1CCCCC1)NC(=O)N1CCCC(C(O)(CCCNC(C)=O)c2cccc(F)c2Cl)C1. The molecule has 3 atom stereocenters. The monoisotopic (exact) mass is 538 g/mol. The van der Waals surface area contributed by atoms with Crippen molar-refractivity contribution < 1.29 is 19.1 Å². The number of nitrogens with one attached hydrogen (secondary N) is 3. The Balaban J connectivity index is 1.72. The molecule has 3 amide bonds. The largest absolute Gasteiger partial charge is 0.385 e. The normalized spacial score (nSPS) is 21.2. The number of piperidine rings is 1. The van der Waals surface area contributed by atoms with E-state index in [0.717, 1.165) is 12.8 Å². The van der Waals surface area contributed by atoms with Crippen LogP contribution in [-0.2, 0) is 10.4 Å². The van der Waals surface area contributed by atoms with E-state index in [9.17, 15) is 19.1 Å². The molecule has 2 aliphatic rings. The summed E-state index contributed by atoms with van der Waals surface area (Å²) in [6.45, 7) is 3.52. The van der Waals surface area contributed by atoms with Gasteiger partial charge in [0.25, 0.3) is 0 Å². The van der Waals surface area contributed by atoms with Crippen molar-refractivity contribution in [2.45, 2.75) is 82.8 Å². The Morgan fingerprint density at radius 2 is 1.97 bits per heavy atom. The molecular formula is C28H44ClFN4O3. The van der Waals surface area contributed by atoms with Gasteiger partial charge in [0.05, 0.1) is 10.6 Å². The fourth-order valence-electron chi connectivity index (χ4n) is 6.10. The molecule has 4 N–H and O–H groups in total. The highest BCUT2D eigenvalue weighted by Gasteiger charge is 2.43. The lowest BCUT2D eigenvalue weighted by Crippen LogP contribution is -2.54. The van der Waals surface area contributed by atoms with Crippen LogP contribution < -0.4 is 16.0 Å². The third-order valence-electron chi connectivity index (χ3n) is 8.03. The molecule has 1 aliphatic carbocycles. The summed E-state index contributed by atoms with van der Waals surface area (Å²) in [4.78, 5) is 26.5. The van der Waals surface area contributed by atoms with Crippen LogP contribution in [0.25, 0.3) is 0 Å². The first kappa shape index (κ1) is 29.7. The van der Waals surface area contributed by atoms with Gasteiger partial charge in [0.1, 0.15) is 5.82 Å². The molecule has 3 unspecified atom stereocenters. The average Bonchev–Trinajstić information content (AvgIpc) is 2.89. The molecule has 37 heavy (non-hydrogen) atoms. The second kappa shape index (κ2) is 14.3. The highest BCUT2D eigenvalue weighted by molar-refractivity contribution is 6.31. The predicted molar refractivity (Wildman–Crippen MR) is 145 cm³/mol. The van der Waals surface area contributed by atoms with Crippen LogP contribution in [0, 0.1) is 17.7 Å². The summed E-state index contributed by atoms with van der Waals surface area (Å²) >= 11 is 6.35. The first-order chi connectivity index (χ1) is 17.7. The fraction of sp³-hybridized carbons (Fsp3) is 0.714. The van der Waals surface area contributed by atoms with Gasteiger partial charge in [0.2, 0.25) is 5.91 Å². The van der Waals surface area contributed by atoms with Crippen LogP contribution >= 0.6 is 11.6 Å². The number of likely N-dealkylation sites (tertiary alicyclic amines) is 1. The minimum absolute atomic E-state index is 0.0511. The molecule has 1 saturated heterocycles. The zero-order valence-electron chi connectivity index (χ0n) is 22.3. The smallest absolute Gasteiger partial charge is 0.317 e. The van der Waals surface area contributed by atoms with Crippen molar-refractivity contribution in [3.05, 3.63) is 34.6 Å². The van der Waals surface area contributed by atoms with Crippen LogP contribution in [-0.4, -0.2) is 61.2 Å². The quantitative estimate of drug-likeness (QED) is 0.311. The van der Waals surface area contributed by atoms with Crippen molar-refractivity contribution in [1.29, 1.82) is 0 Å². The third kappa shape index (κ3) is 8.29. The second-order valence-corrected chi connectivity index (χ2v) is 11.2. The molecule has 2 fully saturated rings. The Labute approximate surface area is 225 Å². The van der Waals surface area contributed by atoms with Gasteiger partial charge in [0, 0.05) is 50.6 Å². The first-order valence-corrected chi connectivity index (χ1v) is 14.2. The molecule has 0 radical (unpaired) electrons. The number of hydrogen-bond donors (Lipinski definition) is 4. The minimum Gasteiger partial charge on any atom is -0.385 e. The lowest BCUT2D eigenvalue weighted by Gasteiger charge is -2.43. The molecule has 0 aromatic heterocycles. The van der Waals surface area contributed by atoms with E-state index in [1.807, 2.05) is 7.05 Å². The second-order valence-electron chi connectivity index (χ2n) is 10.8. The average molecular weight is 539 g/mol. The number of benzene rings is 1. The number of carbonyl (C=O) groups excluding carboxylic acids is 2. The zero-order chi connectivity index (χ0) is 26.8. The van der Waals surface area contributed by atoms with E-state index >= 15 is 0 Å². The lowest BCUT2D eigenvalue weighted by atomic mass is 9.74. The summed E-state index contributed by atoms with van der Waals surface area (Å²) < 4.78 is 14.4. The number of aliphatic hydroxyl groups is 1. The van der Waals surface area contributed by atoms with Gasteiger partial charge in [-0.15, -0.1) is 0 Å². The van der Waals surface area contributed by atoms with Gasteiger partial charge >= 0.3 is 6.03 Å². The van der Waals surface area contributed by atoms with Crippen molar-refractivity contribution in [3.8, 4) is 0 Å². The molecule has 7 nitrogen and oxygen atoms in total. The van der Waals surface area contributed by atoms with Crippen molar-refractivity contribution >= 4 is 23.5 Å². The number of carbonyl (C=O) groups is 2.